The van der Waals surface area contributed by atoms with Crippen LogP contribution in [-0.2, 0) is 4.79 Å². The second kappa shape index (κ2) is 10.5. The van der Waals surface area contributed by atoms with Crippen LogP contribution in [0.25, 0.3) is 0 Å². The van der Waals surface area contributed by atoms with Gasteiger partial charge in [0, 0.05) is 44.9 Å². The molecule has 0 bridgehead atoms. The Morgan fingerprint density at radius 2 is 1.43 bits per heavy atom. The van der Waals surface area contributed by atoms with Crippen molar-refractivity contribution >= 4 is 11.6 Å². The second-order valence-corrected chi connectivity index (χ2v) is 8.27. The maximum Gasteiger partial charge on any atom is 0.241 e. The van der Waals surface area contributed by atoms with Gasteiger partial charge in [0.1, 0.15) is 0 Å². The van der Waals surface area contributed by atoms with E-state index in [9.17, 15) is 4.79 Å². The number of nitrogens with zero attached hydrogens (tertiary/aromatic N) is 3. The Morgan fingerprint density at radius 1 is 0.867 bits per heavy atom. The maximum atomic E-state index is 12.1. The van der Waals surface area contributed by atoms with Crippen molar-refractivity contribution in [2.24, 2.45) is 5.10 Å². The van der Waals surface area contributed by atoms with Gasteiger partial charge in [-0.25, -0.2) is 5.43 Å². The molecular weight excluding hydrogens is 372 g/mol. The molecule has 5 nitrogen and oxygen atoms in total. The average Bonchev–Trinajstić information content (AvgIpc) is 3.33. The number of hydrogen-bond acceptors (Lipinski definition) is 4. The molecule has 1 aliphatic carbocycles. The zero-order valence-corrected chi connectivity index (χ0v) is 17.7. The van der Waals surface area contributed by atoms with Gasteiger partial charge in [0.05, 0.1) is 6.04 Å². The van der Waals surface area contributed by atoms with E-state index >= 15 is 0 Å². The summed E-state index contributed by atoms with van der Waals surface area (Å²) in [4.78, 5) is 17.1. The Balaban J connectivity index is 1.30. The van der Waals surface area contributed by atoms with Crippen LogP contribution >= 0.6 is 0 Å². The predicted octanol–water partition coefficient (Wildman–Crippen LogP) is 3.83. The van der Waals surface area contributed by atoms with Crippen molar-refractivity contribution in [2.75, 3.05) is 32.7 Å². The lowest BCUT2D eigenvalue weighted by Gasteiger charge is -2.39. The van der Waals surface area contributed by atoms with Crippen LogP contribution < -0.4 is 5.43 Å². The Hall–Kier alpha value is -2.50. The van der Waals surface area contributed by atoms with E-state index in [0.29, 0.717) is 6.42 Å². The summed E-state index contributed by atoms with van der Waals surface area (Å²) in [6.45, 7) is 4.76. The number of hydrogen-bond donors (Lipinski definition) is 1. The summed E-state index contributed by atoms with van der Waals surface area (Å²) in [5, 5.41) is 4.28. The van der Waals surface area contributed by atoms with Gasteiger partial charge in [-0.2, -0.15) is 5.10 Å². The van der Waals surface area contributed by atoms with Crippen LogP contribution in [0.1, 0.15) is 49.3 Å². The highest BCUT2D eigenvalue weighted by Gasteiger charge is 2.26. The van der Waals surface area contributed by atoms with Gasteiger partial charge in [0.2, 0.25) is 5.91 Å². The zero-order chi connectivity index (χ0) is 20.6. The van der Waals surface area contributed by atoms with Gasteiger partial charge in [-0.05, 0) is 36.8 Å². The number of carbonyl (C=O) groups excluding carboxylic acids is 1. The average molecular weight is 405 g/mol. The molecule has 2 aliphatic rings. The number of hydrazone groups is 1. The zero-order valence-electron chi connectivity index (χ0n) is 17.7. The minimum atomic E-state index is 0.0308. The molecule has 1 saturated heterocycles. The van der Waals surface area contributed by atoms with E-state index < -0.39 is 0 Å². The molecule has 30 heavy (non-hydrogen) atoms. The molecule has 1 heterocycles. The van der Waals surface area contributed by atoms with Gasteiger partial charge in [-0.15, -0.1) is 0 Å². The fourth-order valence-corrected chi connectivity index (χ4v) is 4.48. The van der Waals surface area contributed by atoms with E-state index in [4.69, 9.17) is 0 Å². The lowest BCUT2D eigenvalue weighted by Crippen LogP contribution is -2.48. The van der Waals surface area contributed by atoms with Gasteiger partial charge < -0.3 is 4.90 Å². The van der Waals surface area contributed by atoms with E-state index in [-0.39, 0.29) is 11.9 Å². The van der Waals surface area contributed by atoms with E-state index in [1.165, 1.54) is 24.0 Å². The molecule has 2 aromatic carbocycles. The lowest BCUT2D eigenvalue weighted by molar-refractivity contribution is -0.121. The first-order valence-corrected chi connectivity index (χ1v) is 11.2. The van der Waals surface area contributed by atoms with Crippen molar-refractivity contribution in [3.63, 3.8) is 0 Å². The van der Waals surface area contributed by atoms with E-state index in [0.717, 1.165) is 51.3 Å². The standard InChI is InChI=1S/C25H32N4O/c30-24(27-26-23-13-7-8-14-23)15-16-28-17-19-29(20-18-28)25(21-9-3-1-4-10-21)22-11-5-2-6-12-22/h1-6,9-12,25H,7-8,13-20H2,(H,27,30). The van der Waals surface area contributed by atoms with Crippen LogP contribution in [0.4, 0.5) is 0 Å². The Kier molecular flexibility index (Phi) is 7.27. The van der Waals surface area contributed by atoms with Crippen LogP contribution in [0.3, 0.4) is 0 Å². The summed E-state index contributed by atoms with van der Waals surface area (Å²) in [6.07, 6.45) is 4.98. The van der Waals surface area contributed by atoms with Crippen LogP contribution in [0.2, 0.25) is 0 Å². The Bertz CT molecular complexity index is 781. The Labute approximate surface area is 179 Å². The summed E-state index contributed by atoms with van der Waals surface area (Å²) < 4.78 is 0. The van der Waals surface area contributed by atoms with Crippen molar-refractivity contribution in [1.82, 2.24) is 15.2 Å². The minimum absolute atomic E-state index is 0.0308. The van der Waals surface area contributed by atoms with E-state index in [1.54, 1.807) is 0 Å². The molecule has 0 atom stereocenters. The molecule has 0 aromatic heterocycles. The molecule has 1 aliphatic heterocycles. The van der Waals surface area contributed by atoms with E-state index in [2.05, 4.69) is 81.0 Å². The molecule has 158 valence electrons. The second-order valence-electron chi connectivity index (χ2n) is 8.27. The largest absolute Gasteiger partial charge is 0.300 e. The van der Waals surface area contributed by atoms with Crippen LogP contribution in [-0.4, -0.2) is 54.1 Å². The maximum absolute atomic E-state index is 12.1. The van der Waals surface area contributed by atoms with E-state index in [1.807, 2.05) is 0 Å². The summed E-state index contributed by atoms with van der Waals surface area (Å²) in [5.41, 5.74) is 6.56. The van der Waals surface area contributed by atoms with Gasteiger partial charge in [0.25, 0.3) is 0 Å². The fraction of sp³-hybridized carbons (Fsp3) is 0.440. The summed E-state index contributed by atoms with van der Waals surface area (Å²) >= 11 is 0. The molecule has 4 rings (SSSR count). The molecule has 5 heteroatoms. The number of nitrogens with one attached hydrogen (secondary N) is 1. The third kappa shape index (κ3) is 5.55. The first-order valence-electron chi connectivity index (χ1n) is 11.2. The number of rotatable bonds is 7. The Morgan fingerprint density at radius 3 is 2.00 bits per heavy atom. The summed E-state index contributed by atoms with van der Waals surface area (Å²) in [5.74, 6) is 0.0308. The van der Waals surface area contributed by atoms with Gasteiger partial charge in [-0.1, -0.05) is 60.7 Å². The van der Waals surface area contributed by atoms with Crippen LogP contribution in [0, 0.1) is 0 Å². The molecule has 2 fully saturated rings. The highest BCUT2D eigenvalue weighted by atomic mass is 16.2. The van der Waals surface area contributed by atoms with Crippen LogP contribution in [0.5, 0.6) is 0 Å². The quantitative estimate of drug-likeness (QED) is 0.714. The lowest BCUT2D eigenvalue weighted by atomic mass is 9.96. The number of benzene rings is 2. The fourth-order valence-electron chi connectivity index (χ4n) is 4.48. The van der Waals surface area contributed by atoms with Crippen molar-refractivity contribution in [3.05, 3.63) is 71.8 Å². The molecule has 2 aromatic rings. The SMILES string of the molecule is O=C(CCN1CCN(C(c2ccccc2)c2ccccc2)CC1)NN=C1CCCC1. The third-order valence-electron chi connectivity index (χ3n) is 6.18. The summed E-state index contributed by atoms with van der Waals surface area (Å²) in [7, 11) is 0. The molecule has 0 radical (unpaired) electrons. The van der Waals surface area contributed by atoms with Gasteiger partial charge >= 0.3 is 0 Å². The molecule has 0 unspecified atom stereocenters. The van der Waals surface area contributed by atoms with Gasteiger partial charge in [-0.3, -0.25) is 9.69 Å². The smallest absolute Gasteiger partial charge is 0.241 e. The van der Waals surface area contributed by atoms with Crippen molar-refractivity contribution in [1.29, 1.82) is 0 Å². The number of piperazine rings is 1. The normalized spacial score (nSPS) is 18.0. The first kappa shape index (κ1) is 20.8. The highest BCUT2D eigenvalue weighted by Crippen LogP contribution is 2.29. The summed E-state index contributed by atoms with van der Waals surface area (Å²) in [6, 6.07) is 21.8. The predicted molar refractivity (Wildman–Crippen MR) is 121 cm³/mol. The minimum Gasteiger partial charge on any atom is -0.300 e. The van der Waals surface area contributed by atoms with Crippen molar-refractivity contribution in [3.8, 4) is 0 Å². The molecule has 1 amide bonds. The highest BCUT2D eigenvalue weighted by molar-refractivity contribution is 5.87. The third-order valence-corrected chi connectivity index (χ3v) is 6.18. The number of amides is 1. The van der Waals surface area contributed by atoms with Crippen LogP contribution in [0.15, 0.2) is 65.8 Å². The molecule has 1 N–H and O–H groups in total. The topological polar surface area (TPSA) is 47.9 Å². The first-order chi connectivity index (χ1) is 14.8. The molecule has 0 spiro atoms. The van der Waals surface area contributed by atoms with Crippen molar-refractivity contribution in [2.45, 2.75) is 38.1 Å². The molecule has 1 saturated carbocycles. The molecular formula is C25H32N4O. The van der Waals surface area contributed by atoms with Crippen molar-refractivity contribution < 1.29 is 4.79 Å². The number of carbonyl (C=O) groups is 1. The monoisotopic (exact) mass is 404 g/mol. The van der Waals surface area contributed by atoms with Gasteiger partial charge in [0.15, 0.2) is 0 Å².